The largest absolute Gasteiger partial charge is 0.416 e. The van der Waals surface area contributed by atoms with Crippen LogP contribution in [0.25, 0.3) is 21.1 Å². The van der Waals surface area contributed by atoms with E-state index in [4.69, 9.17) is 4.74 Å². The summed E-state index contributed by atoms with van der Waals surface area (Å²) in [4.78, 5) is 34.9. The van der Waals surface area contributed by atoms with E-state index in [-0.39, 0.29) is 6.04 Å². The van der Waals surface area contributed by atoms with Crippen molar-refractivity contribution in [3.05, 3.63) is 77.6 Å². The fourth-order valence-electron chi connectivity index (χ4n) is 4.63. The van der Waals surface area contributed by atoms with Crippen LogP contribution < -0.4 is 10.6 Å². The number of carbonyl (C=O) groups is 2. The summed E-state index contributed by atoms with van der Waals surface area (Å²) in [5.74, 6) is 6.16. The maximum Gasteiger partial charge on any atom is 0.416 e. The van der Waals surface area contributed by atoms with Gasteiger partial charge in [-0.1, -0.05) is 42.2 Å². The highest BCUT2D eigenvalue weighted by molar-refractivity contribution is 7.20. The third-order valence-corrected chi connectivity index (χ3v) is 7.82. The quantitative estimate of drug-likeness (QED) is 0.183. The number of fused-ring (bicyclic) bond motifs is 2. The topological polar surface area (TPSA) is 114 Å². The molecule has 0 saturated carbocycles. The van der Waals surface area contributed by atoms with Crippen LogP contribution in [-0.2, 0) is 16.1 Å². The van der Waals surface area contributed by atoms with E-state index in [2.05, 4.69) is 61.8 Å². The van der Waals surface area contributed by atoms with Gasteiger partial charge >= 0.3 is 12.1 Å². The van der Waals surface area contributed by atoms with Crippen molar-refractivity contribution in [2.45, 2.75) is 19.0 Å². The van der Waals surface area contributed by atoms with E-state index in [0.29, 0.717) is 25.3 Å². The van der Waals surface area contributed by atoms with Gasteiger partial charge in [0.05, 0.1) is 45.3 Å². The summed E-state index contributed by atoms with van der Waals surface area (Å²) < 4.78 is 7.79. The van der Waals surface area contributed by atoms with Crippen LogP contribution in [0.15, 0.2) is 67.1 Å². The van der Waals surface area contributed by atoms with Crippen molar-refractivity contribution in [3.63, 3.8) is 0 Å². The van der Waals surface area contributed by atoms with E-state index in [1.807, 2.05) is 41.2 Å². The number of amides is 1. The zero-order chi connectivity index (χ0) is 28.3. The van der Waals surface area contributed by atoms with Gasteiger partial charge < -0.3 is 20.3 Å². The molecule has 0 aliphatic carbocycles. The van der Waals surface area contributed by atoms with E-state index in [1.165, 1.54) is 42.2 Å². The van der Waals surface area contributed by atoms with Gasteiger partial charge in [-0.05, 0) is 36.2 Å². The zero-order valence-electron chi connectivity index (χ0n) is 22.5. The van der Waals surface area contributed by atoms with Crippen molar-refractivity contribution in [2.75, 3.05) is 26.0 Å². The average molecular weight is 566 g/mol. The summed E-state index contributed by atoms with van der Waals surface area (Å²) in [5, 5.41) is 12.3. The second-order valence-corrected chi connectivity index (χ2v) is 11.0. The number of ether oxygens (including phenoxy) is 1. The Morgan fingerprint density at radius 2 is 2.02 bits per heavy atom. The molecule has 3 aromatic heterocycles. The zero-order valence-corrected chi connectivity index (χ0v) is 23.3. The van der Waals surface area contributed by atoms with Gasteiger partial charge in [0, 0.05) is 31.7 Å². The summed E-state index contributed by atoms with van der Waals surface area (Å²) in [5.41, 5.74) is 3.96. The molecule has 1 amide bonds. The molecule has 1 fully saturated rings. The van der Waals surface area contributed by atoms with E-state index >= 15 is 0 Å². The third kappa shape index (κ3) is 5.89. The first kappa shape index (κ1) is 26.4. The fraction of sp³-hybridized carbons (Fsp3) is 0.233. The number of benzene rings is 2. The minimum atomic E-state index is -0.668. The number of hydrogen-bond donors (Lipinski definition) is 2. The minimum absolute atomic E-state index is 0.176. The molecular weight excluding hydrogens is 538 g/mol. The molecule has 2 aromatic carbocycles. The van der Waals surface area contributed by atoms with Gasteiger partial charge in [-0.3, -0.25) is 9.48 Å². The molecule has 10 nitrogen and oxygen atoms in total. The van der Waals surface area contributed by atoms with E-state index in [0.717, 1.165) is 31.7 Å². The molecule has 1 saturated heterocycles. The Morgan fingerprint density at radius 1 is 1.17 bits per heavy atom. The van der Waals surface area contributed by atoms with Crippen molar-refractivity contribution in [3.8, 4) is 11.8 Å². The first-order valence-corrected chi connectivity index (χ1v) is 13.9. The maximum absolute atomic E-state index is 12.3. The standard InChI is InChI=1S/C30H27N7O3S/c1-36(2)30(39)40-29(38)21-13-22(31-15-21)8-10-24-14-25-27(41-24)28(33-18-32-25)35-23-9-11-26-20(12-23)16-34-37(26)17-19-6-4-3-5-7-19/h3-7,9,11-12,14,16,18,21-22,31H,13,15,17H2,1-2H3,(H,32,33,35)/t21-,22-/m1/s1. The molecule has 0 unspecified atom stereocenters. The lowest BCUT2D eigenvalue weighted by Crippen LogP contribution is -2.29. The predicted octanol–water partition coefficient (Wildman–Crippen LogP) is 4.39. The Morgan fingerprint density at radius 3 is 2.85 bits per heavy atom. The van der Waals surface area contributed by atoms with Crippen LogP contribution in [0.4, 0.5) is 16.3 Å². The highest BCUT2D eigenvalue weighted by Crippen LogP contribution is 2.31. The van der Waals surface area contributed by atoms with Crippen molar-refractivity contribution in [1.82, 2.24) is 30.0 Å². The highest BCUT2D eigenvalue weighted by atomic mass is 32.1. The number of esters is 1. The molecule has 11 heteroatoms. The van der Waals surface area contributed by atoms with Gasteiger partial charge in [0.15, 0.2) is 5.82 Å². The summed E-state index contributed by atoms with van der Waals surface area (Å²) in [7, 11) is 3.07. The number of nitrogens with one attached hydrogen (secondary N) is 2. The van der Waals surface area contributed by atoms with E-state index in [9.17, 15) is 9.59 Å². The molecule has 2 atom stereocenters. The Kier molecular flexibility index (Phi) is 7.33. The molecule has 0 radical (unpaired) electrons. The molecule has 4 heterocycles. The van der Waals surface area contributed by atoms with Crippen LogP contribution in [0.5, 0.6) is 0 Å². The van der Waals surface area contributed by atoms with Gasteiger partial charge in [0.2, 0.25) is 0 Å². The van der Waals surface area contributed by atoms with Crippen molar-refractivity contribution < 1.29 is 14.3 Å². The SMILES string of the molecule is CN(C)C(=O)OC(=O)[C@H]1CN[C@H](C#Cc2cc3ncnc(Nc4ccc5c(cnn5Cc5ccccc5)c4)c3s2)C1. The van der Waals surface area contributed by atoms with E-state index in [1.54, 1.807) is 0 Å². The number of nitrogens with zero attached hydrogens (tertiary/aromatic N) is 5. The molecule has 2 N–H and O–H groups in total. The van der Waals surface area contributed by atoms with Gasteiger partial charge in [0.1, 0.15) is 6.33 Å². The van der Waals surface area contributed by atoms with Crippen molar-refractivity contribution >= 4 is 56.0 Å². The number of aromatic nitrogens is 4. The lowest BCUT2D eigenvalue weighted by atomic mass is 10.1. The number of hydrogen-bond acceptors (Lipinski definition) is 9. The molecule has 6 rings (SSSR count). The van der Waals surface area contributed by atoms with E-state index < -0.39 is 18.0 Å². The Hall–Kier alpha value is -4.79. The summed E-state index contributed by atoms with van der Waals surface area (Å²) >= 11 is 1.51. The molecule has 1 aliphatic rings. The minimum Gasteiger partial charge on any atom is -0.376 e. The van der Waals surface area contributed by atoms with Crippen molar-refractivity contribution in [2.24, 2.45) is 5.92 Å². The van der Waals surface area contributed by atoms with Gasteiger partial charge in [-0.15, -0.1) is 11.3 Å². The van der Waals surface area contributed by atoms with Crippen LogP contribution >= 0.6 is 11.3 Å². The summed E-state index contributed by atoms with van der Waals surface area (Å²) in [6.45, 7) is 1.13. The Labute approximate surface area is 240 Å². The summed E-state index contributed by atoms with van der Waals surface area (Å²) in [6, 6.07) is 18.2. The van der Waals surface area contributed by atoms with Crippen LogP contribution in [-0.4, -0.2) is 63.4 Å². The van der Waals surface area contributed by atoms with Crippen LogP contribution in [0.1, 0.15) is 16.9 Å². The van der Waals surface area contributed by atoms with Gasteiger partial charge in [0.25, 0.3) is 0 Å². The van der Waals surface area contributed by atoms with Crippen molar-refractivity contribution in [1.29, 1.82) is 0 Å². The molecule has 0 bridgehead atoms. The number of rotatable bonds is 5. The second-order valence-electron chi connectivity index (χ2n) is 9.98. The first-order valence-electron chi connectivity index (χ1n) is 13.1. The molecule has 1 aliphatic heterocycles. The number of thiophene rings is 1. The van der Waals surface area contributed by atoms with Gasteiger partial charge in [-0.25, -0.2) is 14.8 Å². The van der Waals surface area contributed by atoms with Crippen LogP contribution in [0.2, 0.25) is 0 Å². The number of anilines is 2. The van der Waals surface area contributed by atoms with Crippen LogP contribution in [0.3, 0.4) is 0 Å². The Balaban J connectivity index is 1.14. The third-order valence-electron chi connectivity index (χ3n) is 6.78. The smallest absolute Gasteiger partial charge is 0.376 e. The van der Waals surface area contributed by atoms with Crippen LogP contribution in [0, 0.1) is 17.8 Å². The normalized spacial score (nSPS) is 16.3. The lowest BCUT2D eigenvalue weighted by Gasteiger charge is -2.11. The monoisotopic (exact) mass is 565 g/mol. The highest BCUT2D eigenvalue weighted by Gasteiger charge is 2.31. The molecule has 5 aromatic rings. The van der Waals surface area contributed by atoms with Gasteiger partial charge in [-0.2, -0.15) is 5.10 Å². The fourth-order valence-corrected chi connectivity index (χ4v) is 5.55. The maximum atomic E-state index is 12.3. The Bertz CT molecular complexity index is 1800. The molecule has 0 spiro atoms. The molecule has 206 valence electrons. The summed E-state index contributed by atoms with van der Waals surface area (Å²) in [6.07, 6.45) is 3.22. The first-order chi connectivity index (χ1) is 19.9. The molecule has 41 heavy (non-hydrogen) atoms. The second kappa shape index (κ2) is 11.4. The number of carbonyl (C=O) groups excluding carboxylic acids is 2. The average Bonchev–Trinajstić information content (AvgIpc) is 3.71. The molecular formula is C30H27N7O3S. The predicted molar refractivity (Wildman–Crippen MR) is 158 cm³/mol. The lowest BCUT2D eigenvalue weighted by molar-refractivity contribution is -0.142.